The van der Waals surface area contributed by atoms with Crippen LogP contribution in [0.3, 0.4) is 0 Å². The van der Waals surface area contributed by atoms with Gasteiger partial charge in [-0.2, -0.15) is 5.26 Å². The van der Waals surface area contributed by atoms with Crippen molar-refractivity contribution in [2.24, 2.45) is 0 Å². The van der Waals surface area contributed by atoms with E-state index in [4.69, 9.17) is 11.0 Å². The molecular formula is C12H9FN4O. The van der Waals surface area contributed by atoms with Gasteiger partial charge in [-0.3, -0.25) is 4.79 Å². The van der Waals surface area contributed by atoms with Gasteiger partial charge in [0.05, 0.1) is 0 Å². The monoisotopic (exact) mass is 244 g/mol. The molecule has 0 saturated heterocycles. The molecule has 0 spiro atoms. The van der Waals surface area contributed by atoms with Crippen molar-refractivity contribution >= 4 is 5.82 Å². The van der Waals surface area contributed by atoms with Crippen molar-refractivity contribution in [2.45, 2.75) is 6.42 Å². The van der Waals surface area contributed by atoms with Crippen molar-refractivity contribution in [3.05, 3.63) is 57.4 Å². The summed E-state index contributed by atoms with van der Waals surface area (Å²) in [4.78, 5) is 17.8. The number of aromatic nitrogens is 2. The zero-order chi connectivity index (χ0) is 13.1. The van der Waals surface area contributed by atoms with Gasteiger partial charge in [-0.1, -0.05) is 18.2 Å². The van der Waals surface area contributed by atoms with Gasteiger partial charge in [-0.05, 0) is 11.6 Å². The maximum absolute atomic E-state index is 13.4. The number of hydrogen-bond donors (Lipinski definition) is 2. The van der Waals surface area contributed by atoms with Crippen molar-refractivity contribution in [2.75, 3.05) is 5.73 Å². The first-order valence-corrected chi connectivity index (χ1v) is 5.14. The van der Waals surface area contributed by atoms with Gasteiger partial charge in [-0.15, -0.1) is 0 Å². The van der Waals surface area contributed by atoms with Gasteiger partial charge in [0.1, 0.15) is 23.5 Å². The van der Waals surface area contributed by atoms with Gasteiger partial charge in [0.25, 0.3) is 5.56 Å². The van der Waals surface area contributed by atoms with E-state index in [1.807, 2.05) is 0 Å². The molecule has 5 nitrogen and oxygen atoms in total. The second kappa shape index (κ2) is 4.67. The number of benzene rings is 1. The molecule has 0 radical (unpaired) electrons. The molecule has 1 heterocycles. The third kappa shape index (κ3) is 2.20. The topological polar surface area (TPSA) is 95.6 Å². The molecule has 0 amide bonds. The molecule has 3 N–H and O–H groups in total. The number of aromatic amines is 1. The molecule has 0 fully saturated rings. The normalized spacial score (nSPS) is 10.0. The quantitative estimate of drug-likeness (QED) is 0.822. The third-order valence-corrected chi connectivity index (χ3v) is 2.42. The summed E-state index contributed by atoms with van der Waals surface area (Å²) in [6, 6.07) is 7.82. The second-order valence-corrected chi connectivity index (χ2v) is 3.65. The number of nitrogen functional groups attached to an aromatic ring is 1. The fourth-order valence-electron chi connectivity index (χ4n) is 1.55. The number of nitrogens with two attached hydrogens (primary N) is 1. The Morgan fingerprint density at radius 3 is 2.78 bits per heavy atom. The Bertz CT molecular complexity index is 687. The summed E-state index contributed by atoms with van der Waals surface area (Å²) < 4.78 is 13.4. The van der Waals surface area contributed by atoms with Crippen LogP contribution in [0.4, 0.5) is 10.2 Å². The first kappa shape index (κ1) is 11.8. The molecule has 1 aromatic heterocycles. The van der Waals surface area contributed by atoms with Crippen LogP contribution < -0.4 is 11.3 Å². The van der Waals surface area contributed by atoms with E-state index in [0.29, 0.717) is 5.56 Å². The molecule has 1 aromatic carbocycles. The zero-order valence-corrected chi connectivity index (χ0v) is 9.27. The lowest BCUT2D eigenvalue weighted by molar-refractivity contribution is 0.612. The van der Waals surface area contributed by atoms with E-state index >= 15 is 0 Å². The minimum Gasteiger partial charge on any atom is -0.382 e. The van der Waals surface area contributed by atoms with E-state index in [2.05, 4.69) is 9.97 Å². The fraction of sp³-hybridized carbons (Fsp3) is 0.0833. The van der Waals surface area contributed by atoms with Crippen LogP contribution in [0.2, 0.25) is 0 Å². The summed E-state index contributed by atoms with van der Waals surface area (Å²) in [6.45, 7) is 0. The molecule has 2 aromatic rings. The van der Waals surface area contributed by atoms with Crippen LogP contribution in [0.5, 0.6) is 0 Å². The van der Waals surface area contributed by atoms with Crippen LogP contribution in [0.25, 0.3) is 0 Å². The van der Waals surface area contributed by atoms with Gasteiger partial charge in [0.15, 0.2) is 5.56 Å². The minimum absolute atomic E-state index is 0.109. The number of anilines is 1. The lowest BCUT2D eigenvalue weighted by Gasteiger charge is -2.04. The van der Waals surface area contributed by atoms with Gasteiger partial charge in [-0.25, -0.2) is 9.37 Å². The van der Waals surface area contributed by atoms with Crippen LogP contribution in [0.1, 0.15) is 17.0 Å². The molecule has 0 aliphatic rings. The van der Waals surface area contributed by atoms with E-state index in [-0.39, 0.29) is 29.4 Å². The summed E-state index contributed by atoms with van der Waals surface area (Å²) in [7, 11) is 0. The van der Waals surface area contributed by atoms with E-state index in [1.165, 1.54) is 6.07 Å². The first-order chi connectivity index (χ1) is 8.61. The molecule has 0 saturated carbocycles. The number of nitriles is 1. The Morgan fingerprint density at radius 1 is 1.44 bits per heavy atom. The lowest BCUT2D eigenvalue weighted by atomic mass is 10.1. The summed E-state index contributed by atoms with van der Waals surface area (Å²) in [5.74, 6) is -0.308. The van der Waals surface area contributed by atoms with Gasteiger partial charge in [0.2, 0.25) is 0 Å². The minimum atomic E-state index is -0.615. The standard InChI is InChI=1S/C12H9FN4O/c13-9-4-2-1-3-7(9)5-10-16-11(15)8(6-14)12(18)17-10/h1-4H,5H2,(H3,15,16,17,18). The highest BCUT2D eigenvalue weighted by molar-refractivity contribution is 5.46. The maximum atomic E-state index is 13.4. The Kier molecular flexibility index (Phi) is 3.06. The summed E-state index contributed by atoms with van der Waals surface area (Å²) >= 11 is 0. The highest BCUT2D eigenvalue weighted by atomic mass is 19.1. The van der Waals surface area contributed by atoms with E-state index < -0.39 is 5.56 Å². The number of halogens is 1. The number of hydrogen-bond acceptors (Lipinski definition) is 4. The SMILES string of the molecule is N#Cc1c(N)nc(Cc2ccccc2F)[nH]c1=O. The predicted molar refractivity (Wildman–Crippen MR) is 63.2 cm³/mol. The summed E-state index contributed by atoms with van der Waals surface area (Å²) in [5.41, 5.74) is 5.03. The van der Waals surface area contributed by atoms with E-state index in [0.717, 1.165) is 0 Å². The van der Waals surface area contributed by atoms with Crippen molar-refractivity contribution in [3.63, 3.8) is 0 Å². The average molecular weight is 244 g/mol. The molecule has 0 aliphatic carbocycles. The van der Waals surface area contributed by atoms with Crippen molar-refractivity contribution in [1.29, 1.82) is 5.26 Å². The van der Waals surface area contributed by atoms with Gasteiger partial charge >= 0.3 is 0 Å². The molecule has 18 heavy (non-hydrogen) atoms. The predicted octanol–water partition coefficient (Wildman–Crippen LogP) is 0.954. The molecule has 0 aliphatic heterocycles. The summed E-state index contributed by atoms with van der Waals surface area (Å²) in [5, 5.41) is 8.67. The van der Waals surface area contributed by atoms with Crippen LogP contribution in [0, 0.1) is 17.1 Å². The molecule has 0 bridgehead atoms. The average Bonchev–Trinajstić information content (AvgIpc) is 2.32. The highest BCUT2D eigenvalue weighted by Crippen LogP contribution is 2.11. The fourth-order valence-corrected chi connectivity index (χ4v) is 1.55. The molecule has 6 heteroatoms. The highest BCUT2D eigenvalue weighted by Gasteiger charge is 2.10. The van der Waals surface area contributed by atoms with Gasteiger partial charge < -0.3 is 10.7 Å². The lowest BCUT2D eigenvalue weighted by Crippen LogP contribution is -2.18. The van der Waals surface area contributed by atoms with E-state index in [1.54, 1.807) is 24.3 Å². The number of nitrogens with one attached hydrogen (secondary N) is 1. The van der Waals surface area contributed by atoms with Crippen LogP contribution >= 0.6 is 0 Å². The zero-order valence-electron chi connectivity index (χ0n) is 9.27. The van der Waals surface area contributed by atoms with Crippen molar-refractivity contribution < 1.29 is 4.39 Å². The molecule has 0 atom stereocenters. The van der Waals surface area contributed by atoms with Crippen molar-refractivity contribution in [1.82, 2.24) is 9.97 Å². The first-order valence-electron chi connectivity index (χ1n) is 5.14. The third-order valence-electron chi connectivity index (χ3n) is 2.42. The summed E-state index contributed by atoms with van der Waals surface area (Å²) in [6.07, 6.45) is 0.109. The largest absolute Gasteiger partial charge is 0.382 e. The Morgan fingerprint density at radius 2 is 2.17 bits per heavy atom. The number of nitrogens with zero attached hydrogens (tertiary/aromatic N) is 2. The Hall–Kier alpha value is -2.68. The van der Waals surface area contributed by atoms with Crippen molar-refractivity contribution in [3.8, 4) is 6.07 Å². The molecule has 2 rings (SSSR count). The molecule has 0 unspecified atom stereocenters. The number of H-pyrrole nitrogens is 1. The Labute approximate surface area is 102 Å². The molecular weight excluding hydrogens is 235 g/mol. The van der Waals surface area contributed by atoms with Crippen LogP contribution in [-0.4, -0.2) is 9.97 Å². The second-order valence-electron chi connectivity index (χ2n) is 3.65. The smallest absolute Gasteiger partial charge is 0.271 e. The van der Waals surface area contributed by atoms with Gasteiger partial charge in [0, 0.05) is 6.42 Å². The van der Waals surface area contributed by atoms with Crippen LogP contribution in [0.15, 0.2) is 29.1 Å². The number of rotatable bonds is 2. The van der Waals surface area contributed by atoms with Crippen LogP contribution in [-0.2, 0) is 6.42 Å². The Balaban J connectivity index is 2.41. The maximum Gasteiger partial charge on any atom is 0.271 e. The van der Waals surface area contributed by atoms with E-state index in [9.17, 15) is 9.18 Å². The molecule has 90 valence electrons.